The van der Waals surface area contributed by atoms with E-state index in [9.17, 15) is 0 Å². The van der Waals surface area contributed by atoms with Crippen LogP contribution in [0.1, 0.15) is 161 Å². The summed E-state index contributed by atoms with van der Waals surface area (Å²) in [6, 6.07) is 0. The van der Waals surface area contributed by atoms with Gasteiger partial charge in [0.15, 0.2) is 0 Å². The molecule has 0 aromatic heterocycles. The Morgan fingerprint density at radius 2 is 0.750 bits per heavy atom. The van der Waals surface area contributed by atoms with Crippen LogP contribution in [0.15, 0.2) is 0 Å². The Labute approximate surface area is 266 Å². The summed E-state index contributed by atoms with van der Waals surface area (Å²) in [7, 11) is 4.99. The second-order valence-electron chi connectivity index (χ2n) is 16.2. The van der Waals surface area contributed by atoms with E-state index >= 15 is 0 Å². The van der Waals surface area contributed by atoms with Gasteiger partial charge in [-0.15, -0.1) is 15.8 Å². The molecular weight excluding hydrogens is 636 g/mol. The Kier molecular flexibility index (Phi) is 11.9. The van der Waals surface area contributed by atoms with Crippen LogP contribution in [0.3, 0.4) is 0 Å². The van der Waals surface area contributed by atoms with Crippen molar-refractivity contribution >= 4 is 25.4 Å². The van der Waals surface area contributed by atoms with Crippen molar-refractivity contribution in [1.29, 1.82) is 0 Å². The summed E-state index contributed by atoms with van der Waals surface area (Å²) < 4.78 is 0. The van der Waals surface area contributed by atoms with E-state index in [0.29, 0.717) is 10.8 Å². The summed E-state index contributed by atoms with van der Waals surface area (Å²) in [5.74, 6) is 2.22. The maximum atomic E-state index is 4.49. The summed E-state index contributed by atoms with van der Waals surface area (Å²) in [6.45, 7) is 0. The van der Waals surface area contributed by atoms with E-state index in [-0.39, 0.29) is 15.8 Å². The van der Waals surface area contributed by atoms with Gasteiger partial charge < -0.3 is 6.42 Å². The Morgan fingerprint density at radius 1 is 0.475 bits per heavy atom. The summed E-state index contributed by atoms with van der Waals surface area (Å²) >= 11 is 2.22. The molecule has 0 atom stereocenters. The first-order valence-corrected chi connectivity index (χ1v) is 23.5. The quantitative estimate of drug-likeness (QED) is 0.135. The van der Waals surface area contributed by atoms with E-state index in [1.807, 2.05) is 0 Å². The van der Waals surface area contributed by atoms with E-state index in [4.69, 9.17) is 0 Å². The maximum absolute atomic E-state index is 4.49. The van der Waals surface area contributed by atoms with E-state index in [1.54, 1.807) is 173 Å². The Balaban J connectivity index is 0.00000142. The molecule has 8 fully saturated rings. The van der Waals surface area contributed by atoms with Crippen molar-refractivity contribution in [2.75, 3.05) is 12.3 Å². The molecule has 0 aromatic carbocycles. The minimum absolute atomic E-state index is 0.249. The second-order valence-corrected chi connectivity index (χ2v) is 21.8. The minimum atomic E-state index is 0.249. The van der Waals surface area contributed by atoms with E-state index in [1.165, 1.54) is 0 Å². The van der Waals surface area contributed by atoms with Gasteiger partial charge in [-0.3, -0.25) is 0 Å². The Morgan fingerprint density at radius 3 is 1.02 bits per heavy atom. The van der Waals surface area contributed by atoms with Gasteiger partial charge in [-0.1, -0.05) is 115 Å². The van der Waals surface area contributed by atoms with Crippen LogP contribution in [0.5, 0.6) is 0 Å². The molecule has 0 amide bonds. The van der Waals surface area contributed by atoms with Crippen LogP contribution >= 0.6 is 25.4 Å². The summed E-state index contributed by atoms with van der Waals surface area (Å²) in [5, 5.41) is 0. The molecule has 4 bridgehead atoms. The van der Waals surface area contributed by atoms with E-state index in [0.717, 1.165) is 34.5 Å². The van der Waals surface area contributed by atoms with Crippen molar-refractivity contribution in [3.05, 3.63) is 6.42 Å². The predicted octanol–water partition coefficient (Wildman–Crippen LogP) is 12.4. The average molecular weight is 698 g/mol. The molecule has 0 saturated heterocycles. The zero-order chi connectivity index (χ0) is 27.4. The van der Waals surface area contributed by atoms with E-state index < -0.39 is 0 Å². The molecule has 8 rings (SSSR count). The van der Waals surface area contributed by atoms with Crippen molar-refractivity contribution < 1.29 is 18.2 Å². The van der Waals surface area contributed by atoms with Crippen molar-refractivity contribution in [3.8, 4) is 0 Å². The Hall–Kier alpha value is 1.81. The van der Waals surface area contributed by atoms with E-state index in [2.05, 4.69) is 34.1 Å². The third kappa shape index (κ3) is 7.44. The molecule has 0 heterocycles. The fourth-order valence-corrected chi connectivity index (χ4v) is 20.6. The number of hydrogen-bond acceptors (Lipinski definition) is 0. The molecule has 0 N–H and O–H groups in total. The van der Waals surface area contributed by atoms with Gasteiger partial charge in [0.25, 0.3) is 0 Å². The monoisotopic (exact) mass is 696 g/mol. The molecule has 0 aliphatic heterocycles. The summed E-state index contributed by atoms with van der Waals surface area (Å²) in [6.07, 6.45) is 46.4. The zero-order valence-corrected chi connectivity index (χ0v) is 29.8. The fraction of sp³-hybridized carbons (Fsp3) is 0.972. The summed E-state index contributed by atoms with van der Waals surface area (Å²) in [5.41, 5.74) is 5.98. The SMILES string of the molecule is [CH-]1C2(CP(C3CCCCC3)C3CCCCC3)CC3CC(C2)CC1(CP(C1CCCCC1)C1CCCCC1)C3.[Cl][Pd+]. The van der Waals surface area contributed by atoms with Gasteiger partial charge in [-0.05, 0) is 92.3 Å². The van der Waals surface area contributed by atoms with Crippen molar-refractivity contribution in [1.82, 2.24) is 0 Å². The molecule has 0 spiro atoms. The first kappa shape index (κ1) is 31.8. The van der Waals surface area contributed by atoms with Crippen molar-refractivity contribution in [3.63, 3.8) is 0 Å². The van der Waals surface area contributed by atoms with Crippen LogP contribution in [-0.2, 0) is 18.2 Å². The molecule has 8 aliphatic carbocycles. The molecule has 0 radical (unpaired) electrons. The Bertz CT molecular complexity index is 655. The molecular formula is C36H61ClP2Pd. The van der Waals surface area contributed by atoms with Gasteiger partial charge in [0.2, 0.25) is 0 Å². The third-order valence-electron chi connectivity index (χ3n) is 13.2. The van der Waals surface area contributed by atoms with Crippen LogP contribution in [0.4, 0.5) is 0 Å². The van der Waals surface area contributed by atoms with Crippen LogP contribution in [-0.4, -0.2) is 35.0 Å². The van der Waals surface area contributed by atoms with Crippen LogP contribution < -0.4 is 0 Å². The molecule has 0 unspecified atom stereocenters. The molecule has 8 saturated carbocycles. The van der Waals surface area contributed by atoms with Gasteiger partial charge in [-0.2, -0.15) is 10.8 Å². The number of rotatable bonds is 8. The molecule has 0 nitrogen and oxygen atoms in total. The van der Waals surface area contributed by atoms with Gasteiger partial charge >= 0.3 is 27.7 Å². The standard InChI is InChI=1S/C36H61P2.ClH.Pd/c1-5-13-31(14-6-1)37(32-15-7-2-8-16-32)27-35-22-29-21-30(23-35)25-36(24-29,26-35)28-38(33-17-9-3-10-18-33)34-19-11-4-12-20-34;;/h26,29-34H,1-25,27-28H2;1H;/q-1;;+2/p-1. The zero-order valence-electron chi connectivity index (χ0n) is 25.7. The third-order valence-corrected chi connectivity index (χ3v) is 21.0. The summed E-state index contributed by atoms with van der Waals surface area (Å²) in [4.78, 5) is 0. The van der Waals surface area contributed by atoms with Gasteiger partial charge in [0.1, 0.15) is 0 Å². The topological polar surface area (TPSA) is 0 Å². The van der Waals surface area contributed by atoms with Gasteiger partial charge in [0.05, 0.1) is 0 Å². The van der Waals surface area contributed by atoms with Crippen molar-refractivity contribution in [2.45, 2.75) is 183 Å². The van der Waals surface area contributed by atoms with Crippen LogP contribution in [0.25, 0.3) is 0 Å². The molecule has 40 heavy (non-hydrogen) atoms. The fourth-order valence-electron chi connectivity index (χ4n) is 12.1. The number of halogens is 1. The molecule has 4 heteroatoms. The first-order valence-electron chi connectivity index (χ1n) is 18.2. The molecule has 8 aliphatic rings. The average Bonchev–Trinajstić information content (AvgIpc) is 3.01. The van der Waals surface area contributed by atoms with Crippen LogP contribution in [0, 0.1) is 29.1 Å². The molecule has 0 aromatic rings. The van der Waals surface area contributed by atoms with Gasteiger partial charge in [0, 0.05) is 0 Å². The molecule has 232 valence electrons. The predicted molar refractivity (Wildman–Crippen MR) is 176 cm³/mol. The number of hydrogen-bond donors (Lipinski definition) is 0. The first-order chi connectivity index (χ1) is 19.7. The second kappa shape index (κ2) is 14.9. The normalized spacial score (nSPS) is 38.1. The van der Waals surface area contributed by atoms with Gasteiger partial charge in [-0.25, -0.2) is 0 Å². The van der Waals surface area contributed by atoms with Crippen LogP contribution in [0.2, 0.25) is 0 Å². The van der Waals surface area contributed by atoms with Crippen molar-refractivity contribution in [2.24, 2.45) is 22.7 Å².